The monoisotopic (exact) mass is 448 g/mol. The third kappa shape index (κ3) is 5.68. The van der Waals surface area contributed by atoms with Gasteiger partial charge in [-0.3, -0.25) is 10.4 Å². The Bertz CT molecular complexity index is 988. The maximum absolute atomic E-state index is 7.30. The van der Waals surface area contributed by atoms with E-state index in [0.29, 0.717) is 12.4 Å². The molecule has 160 valence electrons. The number of hydrogen-bond acceptors (Lipinski definition) is 4. The molecule has 4 rings (SSSR count). The van der Waals surface area contributed by atoms with E-state index in [2.05, 4.69) is 17.1 Å². The summed E-state index contributed by atoms with van der Waals surface area (Å²) in [6.07, 6.45) is 4.98. The Labute approximate surface area is 188 Å². The van der Waals surface area contributed by atoms with Crippen molar-refractivity contribution in [2.75, 3.05) is 19.6 Å². The predicted octanol–water partition coefficient (Wildman–Crippen LogP) is 4.28. The summed E-state index contributed by atoms with van der Waals surface area (Å²) in [4.78, 5) is 6.47. The van der Waals surface area contributed by atoms with E-state index in [4.69, 9.17) is 20.3 Å². The summed E-state index contributed by atoms with van der Waals surface area (Å²) in [6.45, 7) is 2.30. The molecule has 0 amide bonds. The SMILES string of the molecule is Cl.Cl.N=CN1CC[C@H](Oc2ccc(CCN=C(N)c3ccc4occc4c3)cc2)C1. The number of halogens is 2. The number of rotatable bonds is 7. The minimum Gasteiger partial charge on any atom is -0.489 e. The van der Waals surface area contributed by atoms with E-state index in [1.54, 1.807) is 6.26 Å². The molecule has 2 aromatic carbocycles. The van der Waals surface area contributed by atoms with Crippen molar-refractivity contribution in [3.8, 4) is 5.75 Å². The second-order valence-corrected chi connectivity index (χ2v) is 6.99. The van der Waals surface area contributed by atoms with Gasteiger partial charge in [-0.25, -0.2) is 0 Å². The molecule has 6 nitrogen and oxygen atoms in total. The van der Waals surface area contributed by atoms with Crippen molar-refractivity contribution in [3.05, 3.63) is 65.9 Å². The van der Waals surface area contributed by atoms with Crippen molar-refractivity contribution in [1.82, 2.24) is 4.90 Å². The van der Waals surface area contributed by atoms with Crippen LogP contribution in [0.3, 0.4) is 0 Å². The second-order valence-electron chi connectivity index (χ2n) is 6.99. The molecule has 0 bridgehead atoms. The molecule has 1 saturated heterocycles. The van der Waals surface area contributed by atoms with E-state index in [9.17, 15) is 0 Å². The van der Waals surface area contributed by atoms with E-state index in [-0.39, 0.29) is 30.9 Å². The van der Waals surface area contributed by atoms with Crippen molar-refractivity contribution in [1.29, 1.82) is 5.41 Å². The summed E-state index contributed by atoms with van der Waals surface area (Å²) in [5, 5.41) is 8.32. The first-order chi connectivity index (χ1) is 13.7. The smallest absolute Gasteiger partial charge is 0.133 e. The molecule has 1 fully saturated rings. The van der Waals surface area contributed by atoms with Crippen molar-refractivity contribution in [2.24, 2.45) is 10.7 Å². The van der Waals surface area contributed by atoms with Gasteiger partial charge in [0.05, 0.1) is 19.1 Å². The van der Waals surface area contributed by atoms with Gasteiger partial charge in [0.1, 0.15) is 23.3 Å². The molecule has 0 spiro atoms. The summed E-state index contributed by atoms with van der Waals surface area (Å²) < 4.78 is 11.3. The van der Waals surface area contributed by atoms with Crippen LogP contribution in [0.2, 0.25) is 0 Å². The normalized spacial score (nSPS) is 16.1. The fraction of sp³-hybridized carbons (Fsp3) is 0.273. The van der Waals surface area contributed by atoms with Crippen LogP contribution in [0.4, 0.5) is 0 Å². The van der Waals surface area contributed by atoms with Crippen LogP contribution in [0.1, 0.15) is 17.5 Å². The Morgan fingerprint density at radius 3 is 2.73 bits per heavy atom. The average molecular weight is 449 g/mol. The maximum atomic E-state index is 7.30. The number of nitrogens with one attached hydrogen (secondary N) is 1. The Kier molecular flexibility index (Phi) is 8.57. The third-order valence-electron chi connectivity index (χ3n) is 5.02. The van der Waals surface area contributed by atoms with Crippen molar-refractivity contribution < 1.29 is 9.15 Å². The fourth-order valence-electron chi connectivity index (χ4n) is 3.42. The first-order valence-electron chi connectivity index (χ1n) is 9.49. The van der Waals surface area contributed by atoms with E-state index in [1.165, 1.54) is 11.9 Å². The number of furan rings is 1. The Morgan fingerprint density at radius 2 is 2.00 bits per heavy atom. The molecule has 2 heterocycles. The van der Waals surface area contributed by atoms with Crippen LogP contribution >= 0.6 is 24.8 Å². The third-order valence-corrected chi connectivity index (χ3v) is 5.02. The van der Waals surface area contributed by atoms with Crippen molar-refractivity contribution in [3.63, 3.8) is 0 Å². The lowest BCUT2D eigenvalue weighted by Crippen LogP contribution is -2.23. The zero-order chi connectivity index (χ0) is 19.3. The predicted molar refractivity (Wildman–Crippen MR) is 126 cm³/mol. The van der Waals surface area contributed by atoms with Gasteiger partial charge >= 0.3 is 0 Å². The van der Waals surface area contributed by atoms with Gasteiger partial charge in [-0.1, -0.05) is 12.1 Å². The molecule has 1 aliphatic heterocycles. The summed E-state index contributed by atoms with van der Waals surface area (Å²) >= 11 is 0. The van der Waals surface area contributed by atoms with Gasteiger partial charge in [0.25, 0.3) is 0 Å². The number of nitrogens with zero attached hydrogens (tertiary/aromatic N) is 2. The topological polar surface area (TPSA) is 87.8 Å². The Morgan fingerprint density at radius 1 is 1.20 bits per heavy atom. The summed E-state index contributed by atoms with van der Waals surface area (Å²) in [7, 11) is 0. The Hall–Kier alpha value is -2.70. The van der Waals surface area contributed by atoms with Crippen LogP contribution in [0, 0.1) is 5.41 Å². The molecular weight excluding hydrogens is 423 g/mol. The van der Waals surface area contributed by atoms with Gasteiger partial charge in [0, 0.05) is 30.5 Å². The number of hydrogen-bond donors (Lipinski definition) is 2. The zero-order valence-electron chi connectivity index (χ0n) is 16.5. The van der Waals surface area contributed by atoms with Gasteiger partial charge < -0.3 is 19.8 Å². The molecule has 8 heteroatoms. The quantitative estimate of drug-likeness (QED) is 0.416. The lowest BCUT2D eigenvalue weighted by molar-refractivity contribution is 0.215. The standard InChI is InChI=1S/C22H24N4O2.2ClH/c23-15-26-11-8-20(14-26)28-19-4-1-16(2-5-19)7-10-25-22(24)18-3-6-21-17(13-18)9-12-27-21;;/h1-6,9,12-13,15,20,23H,7-8,10-11,14H2,(H2,24,25);2*1H/t20-;;/m0../s1. The molecule has 30 heavy (non-hydrogen) atoms. The van der Waals surface area contributed by atoms with Crippen LogP contribution < -0.4 is 10.5 Å². The van der Waals surface area contributed by atoms with Gasteiger partial charge in [-0.05, 0) is 48.4 Å². The van der Waals surface area contributed by atoms with Crippen LogP contribution in [0.5, 0.6) is 5.75 Å². The molecule has 1 aliphatic rings. The van der Waals surface area contributed by atoms with Crippen LogP contribution in [0.25, 0.3) is 11.0 Å². The second kappa shape index (κ2) is 10.9. The number of ether oxygens (including phenoxy) is 1. The highest BCUT2D eigenvalue weighted by Gasteiger charge is 2.21. The number of likely N-dealkylation sites (tertiary alicyclic amines) is 1. The minimum atomic E-state index is 0. The average Bonchev–Trinajstić information content (AvgIpc) is 3.37. The number of aliphatic imine (C=N–C) groups is 1. The van der Waals surface area contributed by atoms with Crippen LogP contribution in [-0.4, -0.2) is 42.8 Å². The summed E-state index contributed by atoms with van der Waals surface area (Å²) in [6, 6.07) is 15.9. The number of nitrogens with two attached hydrogens (primary N) is 1. The highest BCUT2D eigenvalue weighted by atomic mass is 35.5. The molecule has 0 unspecified atom stereocenters. The van der Waals surface area contributed by atoms with Crippen LogP contribution in [-0.2, 0) is 6.42 Å². The molecule has 3 N–H and O–H groups in total. The van der Waals surface area contributed by atoms with Gasteiger partial charge in [0.2, 0.25) is 0 Å². The zero-order valence-corrected chi connectivity index (χ0v) is 18.1. The highest BCUT2D eigenvalue weighted by Crippen LogP contribution is 2.19. The van der Waals surface area contributed by atoms with Crippen molar-refractivity contribution >= 4 is 48.0 Å². The van der Waals surface area contributed by atoms with E-state index in [0.717, 1.165) is 48.2 Å². The van der Waals surface area contributed by atoms with E-state index < -0.39 is 0 Å². The van der Waals surface area contributed by atoms with E-state index >= 15 is 0 Å². The fourth-order valence-corrected chi connectivity index (χ4v) is 3.42. The number of amidine groups is 1. The lowest BCUT2D eigenvalue weighted by atomic mass is 10.1. The molecule has 1 aromatic heterocycles. The van der Waals surface area contributed by atoms with E-state index in [1.807, 2.05) is 41.3 Å². The molecule has 0 saturated carbocycles. The minimum absolute atomic E-state index is 0. The highest BCUT2D eigenvalue weighted by molar-refractivity contribution is 6.00. The van der Waals surface area contributed by atoms with Crippen molar-refractivity contribution in [2.45, 2.75) is 18.9 Å². The number of benzene rings is 2. The number of fused-ring (bicyclic) bond motifs is 1. The molecule has 1 atom stereocenters. The maximum Gasteiger partial charge on any atom is 0.133 e. The van der Waals surface area contributed by atoms with Gasteiger partial charge in [-0.2, -0.15) is 0 Å². The summed E-state index contributed by atoms with van der Waals surface area (Å²) in [5.41, 5.74) is 9.09. The Balaban J connectivity index is 0.00000160. The molecule has 3 aromatic rings. The lowest BCUT2D eigenvalue weighted by Gasteiger charge is -2.14. The van der Waals surface area contributed by atoms with Crippen LogP contribution in [0.15, 0.2) is 64.2 Å². The molecule has 0 radical (unpaired) electrons. The van der Waals surface area contributed by atoms with Gasteiger partial charge in [-0.15, -0.1) is 24.8 Å². The first kappa shape index (κ1) is 23.6. The first-order valence-corrected chi connectivity index (χ1v) is 9.49. The molecular formula is C22H26Cl2N4O2. The molecule has 0 aliphatic carbocycles. The van der Waals surface area contributed by atoms with Gasteiger partial charge in [0.15, 0.2) is 0 Å². The largest absolute Gasteiger partial charge is 0.489 e. The summed E-state index contributed by atoms with van der Waals surface area (Å²) in [5.74, 6) is 1.41.